The first-order chi connectivity index (χ1) is 10.3. The fraction of sp³-hybridized carbons (Fsp3) is 0.211. The summed E-state index contributed by atoms with van der Waals surface area (Å²) in [4.78, 5) is 12.4. The van der Waals surface area contributed by atoms with Crippen LogP contribution in [0.5, 0.6) is 0 Å². The Kier molecular flexibility index (Phi) is 2.71. The van der Waals surface area contributed by atoms with E-state index in [9.17, 15) is 4.79 Å². The summed E-state index contributed by atoms with van der Waals surface area (Å²) >= 11 is 0. The fourth-order valence-corrected chi connectivity index (χ4v) is 3.38. The van der Waals surface area contributed by atoms with Gasteiger partial charge in [0.15, 0.2) is 5.78 Å². The fourth-order valence-electron chi connectivity index (χ4n) is 3.38. The number of aryl methyl sites for hydroxylation is 2. The second kappa shape index (κ2) is 4.59. The van der Waals surface area contributed by atoms with Gasteiger partial charge in [-0.2, -0.15) is 0 Å². The van der Waals surface area contributed by atoms with Crippen LogP contribution in [0.25, 0.3) is 21.9 Å². The van der Waals surface area contributed by atoms with Crippen LogP contribution in [0.4, 0.5) is 0 Å². The van der Waals surface area contributed by atoms with Gasteiger partial charge in [0.05, 0.1) is 5.56 Å². The summed E-state index contributed by atoms with van der Waals surface area (Å²) < 4.78 is 5.89. The SMILES string of the molecule is Cc1oc2c(c1-c1cccc3ccccc13)C(=O)CCC2. The lowest BCUT2D eigenvalue weighted by molar-refractivity contribution is 0.0970. The van der Waals surface area contributed by atoms with Gasteiger partial charge in [-0.1, -0.05) is 42.5 Å². The third-order valence-corrected chi connectivity index (χ3v) is 4.30. The molecule has 4 rings (SSSR count). The second-order valence-corrected chi connectivity index (χ2v) is 5.63. The molecule has 0 radical (unpaired) electrons. The van der Waals surface area contributed by atoms with Crippen molar-refractivity contribution in [2.75, 3.05) is 0 Å². The Morgan fingerprint density at radius 3 is 2.67 bits per heavy atom. The number of benzene rings is 2. The van der Waals surface area contributed by atoms with Crippen LogP contribution in [0.3, 0.4) is 0 Å². The van der Waals surface area contributed by atoms with Crippen molar-refractivity contribution in [3.63, 3.8) is 0 Å². The number of carbonyl (C=O) groups excluding carboxylic acids is 1. The number of carbonyl (C=O) groups is 1. The van der Waals surface area contributed by atoms with E-state index in [1.165, 1.54) is 10.8 Å². The highest BCUT2D eigenvalue weighted by Crippen LogP contribution is 2.39. The smallest absolute Gasteiger partial charge is 0.167 e. The van der Waals surface area contributed by atoms with Gasteiger partial charge < -0.3 is 4.42 Å². The summed E-state index contributed by atoms with van der Waals surface area (Å²) in [7, 11) is 0. The summed E-state index contributed by atoms with van der Waals surface area (Å²) in [6.07, 6.45) is 2.39. The zero-order valence-corrected chi connectivity index (χ0v) is 12.0. The zero-order chi connectivity index (χ0) is 14.4. The number of rotatable bonds is 1. The molecule has 0 amide bonds. The lowest BCUT2D eigenvalue weighted by Gasteiger charge is -2.11. The van der Waals surface area contributed by atoms with Crippen molar-refractivity contribution < 1.29 is 9.21 Å². The van der Waals surface area contributed by atoms with Gasteiger partial charge in [0.25, 0.3) is 0 Å². The lowest BCUT2D eigenvalue weighted by Crippen LogP contribution is -2.09. The van der Waals surface area contributed by atoms with Crippen molar-refractivity contribution in [1.29, 1.82) is 0 Å². The van der Waals surface area contributed by atoms with E-state index in [0.29, 0.717) is 6.42 Å². The predicted molar refractivity (Wildman–Crippen MR) is 83.7 cm³/mol. The number of hydrogen-bond donors (Lipinski definition) is 0. The first kappa shape index (κ1) is 12.4. The van der Waals surface area contributed by atoms with Crippen LogP contribution < -0.4 is 0 Å². The minimum absolute atomic E-state index is 0.219. The van der Waals surface area contributed by atoms with Crippen LogP contribution in [-0.4, -0.2) is 5.78 Å². The summed E-state index contributed by atoms with van der Waals surface area (Å²) in [5.41, 5.74) is 2.91. The molecule has 21 heavy (non-hydrogen) atoms. The lowest BCUT2D eigenvalue weighted by atomic mass is 9.88. The molecule has 0 saturated carbocycles. The average Bonchev–Trinajstić information content (AvgIpc) is 2.84. The van der Waals surface area contributed by atoms with Crippen LogP contribution in [0, 0.1) is 6.92 Å². The van der Waals surface area contributed by atoms with Crippen molar-refractivity contribution >= 4 is 16.6 Å². The molecule has 0 atom stereocenters. The maximum atomic E-state index is 12.4. The van der Waals surface area contributed by atoms with Crippen molar-refractivity contribution in [2.45, 2.75) is 26.2 Å². The Morgan fingerprint density at radius 1 is 0.952 bits per heavy atom. The number of Topliss-reactive ketones (excluding diaryl/α,β-unsaturated/α-hetero) is 1. The van der Waals surface area contributed by atoms with E-state index in [-0.39, 0.29) is 5.78 Å². The molecule has 2 heteroatoms. The molecule has 0 N–H and O–H groups in total. The highest BCUT2D eigenvalue weighted by atomic mass is 16.3. The highest BCUT2D eigenvalue weighted by Gasteiger charge is 2.28. The molecule has 1 heterocycles. The largest absolute Gasteiger partial charge is 0.465 e. The van der Waals surface area contributed by atoms with E-state index < -0.39 is 0 Å². The summed E-state index contributed by atoms with van der Waals surface area (Å²) in [6.45, 7) is 1.96. The third-order valence-electron chi connectivity index (χ3n) is 4.30. The van der Waals surface area contributed by atoms with Gasteiger partial charge >= 0.3 is 0 Å². The van der Waals surface area contributed by atoms with Gasteiger partial charge in [0, 0.05) is 18.4 Å². The van der Waals surface area contributed by atoms with Gasteiger partial charge in [-0.25, -0.2) is 0 Å². The molecule has 1 aliphatic rings. The van der Waals surface area contributed by atoms with Crippen molar-refractivity contribution in [3.8, 4) is 11.1 Å². The van der Waals surface area contributed by atoms with Gasteiger partial charge in [-0.3, -0.25) is 4.79 Å². The van der Waals surface area contributed by atoms with Gasteiger partial charge in [0.2, 0.25) is 0 Å². The molecule has 1 aliphatic carbocycles. The first-order valence-electron chi connectivity index (χ1n) is 7.39. The first-order valence-corrected chi connectivity index (χ1v) is 7.39. The van der Waals surface area contributed by atoms with E-state index >= 15 is 0 Å². The van der Waals surface area contributed by atoms with Gasteiger partial charge in [-0.05, 0) is 29.7 Å². The molecule has 0 bridgehead atoms. The maximum Gasteiger partial charge on any atom is 0.167 e. The van der Waals surface area contributed by atoms with Gasteiger partial charge in [0.1, 0.15) is 11.5 Å². The number of hydrogen-bond acceptors (Lipinski definition) is 2. The Labute approximate surface area is 123 Å². The Bertz CT molecular complexity index is 850. The number of fused-ring (bicyclic) bond motifs is 2. The van der Waals surface area contributed by atoms with Crippen molar-refractivity contribution in [1.82, 2.24) is 0 Å². The second-order valence-electron chi connectivity index (χ2n) is 5.63. The molecule has 104 valence electrons. The average molecular weight is 276 g/mol. The quantitative estimate of drug-likeness (QED) is 0.631. The molecule has 0 aliphatic heterocycles. The highest BCUT2D eigenvalue weighted by molar-refractivity contribution is 6.08. The Morgan fingerprint density at radius 2 is 1.76 bits per heavy atom. The molecule has 3 aromatic rings. The van der Waals surface area contributed by atoms with Crippen molar-refractivity contribution in [2.24, 2.45) is 0 Å². The minimum Gasteiger partial charge on any atom is -0.465 e. The van der Waals surface area contributed by atoms with Crippen molar-refractivity contribution in [3.05, 3.63) is 59.5 Å². The molecule has 2 aromatic carbocycles. The van der Waals surface area contributed by atoms with E-state index in [2.05, 4.69) is 24.3 Å². The Balaban J connectivity index is 2.06. The molecule has 0 saturated heterocycles. The van der Waals surface area contributed by atoms with Crippen LogP contribution in [0.2, 0.25) is 0 Å². The van der Waals surface area contributed by atoms with E-state index in [1.807, 2.05) is 25.1 Å². The zero-order valence-electron chi connectivity index (χ0n) is 12.0. The van der Waals surface area contributed by atoms with E-state index in [1.54, 1.807) is 0 Å². The normalized spacial score (nSPS) is 14.4. The molecular weight excluding hydrogens is 260 g/mol. The summed E-state index contributed by atoms with van der Waals surface area (Å²) in [5, 5.41) is 2.36. The number of ketones is 1. The van der Waals surface area contributed by atoms with Crippen LogP contribution >= 0.6 is 0 Å². The third kappa shape index (κ3) is 1.83. The van der Waals surface area contributed by atoms with E-state index in [0.717, 1.165) is 41.1 Å². The Hall–Kier alpha value is -2.35. The molecule has 0 unspecified atom stereocenters. The topological polar surface area (TPSA) is 30.2 Å². The summed E-state index contributed by atoms with van der Waals surface area (Å²) in [6, 6.07) is 14.5. The van der Waals surface area contributed by atoms with Crippen LogP contribution in [0.15, 0.2) is 46.9 Å². The predicted octanol–water partition coefficient (Wildman–Crippen LogP) is 4.93. The van der Waals surface area contributed by atoms with E-state index in [4.69, 9.17) is 4.42 Å². The van der Waals surface area contributed by atoms with Gasteiger partial charge in [-0.15, -0.1) is 0 Å². The maximum absolute atomic E-state index is 12.4. The van der Waals surface area contributed by atoms with Crippen LogP contribution in [-0.2, 0) is 6.42 Å². The minimum atomic E-state index is 0.219. The molecule has 0 fully saturated rings. The molecule has 0 spiro atoms. The molecular formula is C19H16O2. The monoisotopic (exact) mass is 276 g/mol. The standard InChI is InChI=1S/C19H16O2/c1-12-18(19-16(20)10-5-11-17(19)21-12)15-9-4-7-13-6-2-3-8-14(13)15/h2-4,6-9H,5,10-11H2,1H3. The molecule has 1 aromatic heterocycles. The summed E-state index contributed by atoms with van der Waals surface area (Å²) in [5.74, 6) is 1.94. The molecule has 2 nitrogen and oxygen atoms in total. The van der Waals surface area contributed by atoms with Crippen LogP contribution in [0.1, 0.15) is 34.7 Å². The number of furan rings is 1.